The van der Waals surface area contributed by atoms with Gasteiger partial charge in [-0.25, -0.2) is 44.9 Å². The maximum Gasteiger partial charge on any atom is 0.325 e. The van der Waals surface area contributed by atoms with Crippen LogP contribution in [0.5, 0.6) is 0 Å². The number of anilines is 6. The Bertz CT molecular complexity index is 6770. The van der Waals surface area contributed by atoms with Crippen molar-refractivity contribution in [2.24, 2.45) is 0 Å². The third-order valence-corrected chi connectivity index (χ3v) is 38.3. The van der Waals surface area contributed by atoms with Gasteiger partial charge in [-0.2, -0.15) is 15.0 Å². The van der Waals surface area contributed by atoms with Crippen LogP contribution < -0.4 is 51.1 Å². The van der Waals surface area contributed by atoms with Crippen molar-refractivity contribution in [2.75, 3.05) is 93.9 Å². The summed E-state index contributed by atoms with van der Waals surface area (Å²) < 4.78 is 118. The van der Waals surface area contributed by atoms with Gasteiger partial charge >= 0.3 is 40.3 Å². The molecule has 24 N–H and O–H groups in total. The summed E-state index contributed by atoms with van der Waals surface area (Å²) in [4.78, 5) is 163. The molecule has 12 aliphatic rings. The SMILES string of the molecule is Nc1nc2c(ncn2[C@@H]2S[C@@H]3COP(O)(=S)O[C@H]4[C@H]5OC[C@]4(COP(O)(=S)O[C@@H]2[C@@H]3O)O[C@H]5n2cnc3c(N)ccnc32)c(=O)[nH]1.Nc1nc2c(ncn2[C@@H]2S[C@@H]3COP(O)(=S)O[C@H]4[C@H]5OC[C@]4(COP(O)(=S)O[C@@H]2[C@@H]3O)O[C@H]5n2cnc3c(N)ccnc32)c(=O)[nH]1.Nc1nc2c(ncn2[C@@H]2S[C@@H]3COP(O)(=S)O[C@H]4[C@H]5OC[C@]4(COP(O)(=S)O[C@@H]2[C@@H]3O)O[C@H]5n2cnc3c(N)ccnc32)c(=O)[nH]1. The number of pyridine rings is 3. The van der Waals surface area contributed by atoms with Crippen molar-refractivity contribution >= 4 is 248 Å². The fourth-order valence-corrected chi connectivity index (χ4v) is 31.9. The van der Waals surface area contributed by atoms with Gasteiger partial charge in [-0.1, -0.05) is 0 Å². The molecule has 12 aromatic rings. The minimum absolute atomic E-state index is 0.00601. The van der Waals surface area contributed by atoms with E-state index >= 15 is 0 Å². The number of fused-ring (bicyclic) bond motifs is 12. The lowest BCUT2D eigenvalue weighted by Crippen LogP contribution is -2.45. The predicted octanol–water partition coefficient (Wildman–Crippen LogP) is -1.14. The summed E-state index contributed by atoms with van der Waals surface area (Å²) in [5.41, 5.74) is 33.6. The van der Waals surface area contributed by atoms with Gasteiger partial charge in [0.2, 0.25) is 17.8 Å². The number of aliphatic hydroxyl groups excluding tert-OH is 3. The topological polar surface area (TPSA) is 787 Å². The standard InChI is InChI=1S/3C22H25N9O10P2S3/c3*23-8-1-2-25-16-10(8)26-6-30(16)19-14-15-22(39-19,4-36-14)5-38-43(35,45)40-13-12(32)9(3-37-42(34,44)41-15)46-20(13)31-7-27-11-17(31)28-21(24)29-18(11)33/h3*1-2,6-7,9,12-15,19-20,32H,3-5H2,(H2,23,25)(H,34,44)(H,35,45)(H3,24,28,29,33)/t3*9-,12-,13-,14-,15+,19-,20-,22-,42?,43?/m111/s1. The molecule has 12 bridgehead atoms. The Morgan fingerprint density at radius 1 is 0.341 bits per heavy atom. The number of aromatic amines is 3. The number of nitrogens with zero attached hydrogens (tertiary/aromatic N) is 18. The Labute approximate surface area is 812 Å². The van der Waals surface area contributed by atoms with E-state index in [0.29, 0.717) is 50.6 Å². The van der Waals surface area contributed by atoms with E-state index in [0.717, 1.165) is 35.3 Å². The van der Waals surface area contributed by atoms with Crippen LogP contribution in [0.2, 0.25) is 0 Å². The monoisotopic (exact) mass is 2200 g/mol. The van der Waals surface area contributed by atoms with Crippen molar-refractivity contribution in [2.45, 2.75) is 141 Å². The number of nitrogens with two attached hydrogens (primary N) is 6. The summed E-state index contributed by atoms with van der Waals surface area (Å²) in [6, 6.07) is 4.85. The third kappa shape index (κ3) is 17.1. The summed E-state index contributed by atoms with van der Waals surface area (Å²) in [7, 11) is 0. The van der Waals surface area contributed by atoms with E-state index in [1.807, 2.05) is 0 Å². The zero-order valence-corrected chi connectivity index (χ0v) is 82.1. The van der Waals surface area contributed by atoms with Crippen molar-refractivity contribution in [3.05, 3.63) is 106 Å². The van der Waals surface area contributed by atoms with Gasteiger partial charge in [0.05, 0.1) is 149 Å². The number of hydrogen-bond donors (Lipinski definition) is 18. The van der Waals surface area contributed by atoms with Crippen LogP contribution in [-0.4, -0.2) is 312 Å². The van der Waals surface area contributed by atoms with Gasteiger partial charge in [-0.15, -0.1) is 35.3 Å². The third-order valence-electron chi connectivity index (χ3n) is 24.5. The van der Waals surface area contributed by atoms with Gasteiger partial charge in [0.1, 0.15) is 104 Å². The lowest BCUT2D eigenvalue weighted by Gasteiger charge is -2.33. The minimum atomic E-state index is -4.14. The summed E-state index contributed by atoms with van der Waals surface area (Å²) in [6.07, 6.45) is -2.91. The zero-order chi connectivity index (χ0) is 96.5. The van der Waals surface area contributed by atoms with E-state index in [1.54, 1.807) is 31.9 Å². The smallest absolute Gasteiger partial charge is 0.325 e. The molecule has 57 nitrogen and oxygen atoms in total. The van der Waals surface area contributed by atoms with Gasteiger partial charge in [0.15, 0.2) is 69.1 Å². The van der Waals surface area contributed by atoms with Crippen molar-refractivity contribution in [1.29, 1.82) is 0 Å². The van der Waals surface area contributed by atoms with Crippen LogP contribution in [0.4, 0.5) is 34.9 Å². The van der Waals surface area contributed by atoms with E-state index in [1.165, 1.54) is 70.3 Å². The number of ether oxygens (including phenoxy) is 6. The van der Waals surface area contributed by atoms with Crippen LogP contribution in [0.3, 0.4) is 0 Å². The summed E-state index contributed by atoms with van der Waals surface area (Å²) in [5, 5.41) is 29.1. The summed E-state index contributed by atoms with van der Waals surface area (Å²) in [6.45, 7) is -26.9. The van der Waals surface area contributed by atoms with Gasteiger partial charge in [-0.3, -0.25) is 83.9 Å². The van der Waals surface area contributed by atoms with Gasteiger partial charge in [0.25, 0.3) is 16.7 Å². The molecule has 12 saturated heterocycles. The number of hydrogen-bond acceptors (Lipinski definition) is 51. The molecule has 24 heterocycles. The van der Waals surface area contributed by atoms with Crippen LogP contribution in [0.15, 0.2) is 89.1 Å². The van der Waals surface area contributed by atoms with E-state index in [-0.39, 0.29) is 91.0 Å². The number of H-pyrrole nitrogens is 3. The zero-order valence-electron chi connectivity index (χ0n) is 69.4. The maximum atomic E-state index is 12.4. The van der Waals surface area contributed by atoms with E-state index in [4.69, 9.17) is 188 Å². The predicted molar refractivity (Wildman–Crippen MR) is 505 cm³/mol. The Morgan fingerprint density at radius 2 is 0.594 bits per heavy atom. The Hall–Kier alpha value is -6.42. The Morgan fingerprint density at radius 3 is 0.870 bits per heavy atom. The first-order chi connectivity index (χ1) is 65.5. The molecular formula is C66H75N27O30P6S9. The second kappa shape index (κ2) is 35.5. The number of aromatic nitrogens is 21. The average molecular weight is 2200 g/mol. The number of aliphatic hydroxyl groups is 3. The molecule has 0 aliphatic carbocycles. The van der Waals surface area contributed by atoms with Crippen LogP contribution >= 0.6 is 75.6 Å². The fourth-order valence-electron chi connectivity index (χ4n) is 18.2. The molecular weight excluding hydrogens is 2130 g/mol. The van der Waals surface area contributed by atoms with Gasteiger partial charge in [-0.05, 0) is 89.0 Å². The lowest BCUT2D eigenvalue weighted by molar-refractivity contribution is -0.183. The number of thioether (sulfide) groups is 3. The highest BCUT2D eigenvalue weighted by molar-refractivity contribution is 8.09. The molecule has 6 unspecified atom stereocenters. The quantitative estimate of drug-likeness (QED) is 0.0875. The Kier molecular flexibility index (Phi) is 24.8. The molecule has 738 valence electrons. The highest BCUT2D eigenvalue weighted by atomic mass is 32.5. The van der Waals surface area contributed by atoms with Crippen molar-refractivity contribution in [1.82, 2.24) is 102 Å². The number of nitrogens with one attached hydrogen (secondary N) is 3. The van der Waals surface area contributed by atoms with E-state index < -0.39 is 217 Å². The lowest BCUT2D eigenvalue weighted by atomic mass is 10.0. The molecule has 0 saturated carbocycles. The molecule has 138 heavy (non-hydrogen) atoms. The molecule has 0 spiro atoms. The molecule has 24 rings (SSSR count). The molecule has 12 aromatic heterocycles. The maximum absolute atomic E-state index is 12.4. The first kappa shape index (κ1) is 96.4. The molecule has 72 heteroatoms. The second-order valence-electron chi connectivity index (χ2n) is 33.0. The van der Waals surface area contributed by atoms with Crippen molar-refractivity contribution < 1.29 is 127 Å². The van der Waals surface area contributed by atoms with E-state index in [2.05, 4.69) is 74.8 Å². The molecule has 12 aliphatic heterocycles. The van der Waals surface area contributed by atoms with Crippen LogP contribution in [0.25, 0.3) is 67.0 Å². The second-order valence-corrected chi connectivity index (χ2v) is 53.8. The Balaban J connectivity index is 0.000000119. The van der Waals surface area contributed by atoms with Crippen LogP contribution in [-0.2, 0) is 154 Å². The number of nitrogen functional groups attached to an aromatic ring is 6. The highest BCUT2D eigenvalue weighted by Crippen LogP contribution is 2.65. The van der Waals surface area contributed by atoms with Gasteiger partial charge < -0.3 is 135 Å². The van der Waals surface area contributed by atoms with Crippen molar-refractivity contribution in [3.8, 4) is 0 Å². The normalized spacial score (nSPS) is 39.7. The molecule has 30 atom stereocenters. The van der Waals surface area contributed by atoms with E-state index in [9.17, 15) is 59.1 Å². The van der Waals surface area contributed by atoms with Crippen LogP contribution in [0.1, 0.15) is 34.8 Å². The minimum Gasteiger partial charge on any atom is -0.397 e. The average Bonchev–Trinajstić information content (AvgIpc) is 1.56. The highest BCUT2D eigenvalue weighted by Gasteiger charge is 2.69. The summed E-state index contributed by atoms with van der Waals surface area (Å²) >= 11 is 35.9. The fraction of sp³-hybridized carbons (Fsp3) is 0.500. The number of imidazole rings is 6. The number of rotatable bonds is 6. The van der Waals surface area contributed by atoms with Crippen LogP contribution in [0, 0.1) is 0 Å². The van der Waals surface area contributed by atoms with Crippen molar-refractivity contribution in [3.63, 3.8) is 0 Å². The largest absolute Gasteiger partial charge is 0.397 e. The molecule has 12 fully saturated rings. The molecule has 0 radical (unpaired) electrons. The molecule has 0 amide bonds. The van der Waals surface area contributed by atoms with Gasteiger partial charge in [0, 0.05) is 18.6 Å². The first-order valence-corrected chi connectivity index (χ1v) is 59.1. The molecule has 0 aromatic carbocycles. The first-order valence-electron chi connectivity index (χ1n) is 40.8. The summed E-state index contributed by atoms with van der Waals surface area (Å²) in [5.74, 6) is -0.459.